The van der Waals surface area contributed by atoms with E-state index in [0.29, 0.717) is 32.1 Å². The van der Waals surface area contributed by atoms with Crippen LogP contribution in [0.1, 0.15) is 51.4 Å². The molecule has 24 heavy (non-hydrogen) atoms. The van der Waals surface area contributed by atoms with E-state index >= 15 is 0 Å². The highest BCUT2D eigenvalue weighted by Gasteiger charge is 2.39. The quantitative estimate of drug-likeness (QED) is 0.383. The fourth-order valence-corrected chi connectivity index (χ4v) is 3.13. The summed E-state index contributed by atoms with van der Waals surface area (Å²) in [6, 6.07) is 0. The van der Waals surface area contributed by atoms with Gasteiger partial charge in [-0.15, -0.1) is 0 Å². The highest BCUT2D eigenvalue weighted by molar-refractivity contribution is 5.79. The number of amides is 1. The number of carboxylic acids is 1. The number of carbonyl (C=O) groups excluding carboxylic acids is 2. The molecule has 4 unspecified atom stereocenters. The molecule has 1 saturated carbocycles. The number of carbonyl (C=O) groups is 3. The molecule has 1 aliphatic carbocycles. The number of hydrogen-bond acceptors (Lipinski definition) is 5. The first-order valence-corrected chi connectivity index (χ1v) is 8.65. The van der Waals surface area contributed by atoms with Crippen molar-refractivity contribution in [3.8, 4) is 0 Å². The highest BCUT2D eigenvalue weighted by Crippen LogP contribution is 2.30. The van der Waals surface area contributed by atoms with Gasteiger partial charge in [0.1, 0.15) is 6.29 Å². The van der Waals surface area contributed by atoms with Gasteiger partial charge in [0.2, 0.25) is 5.91 Å². The van der Waals surface area contributed by atoms with Crippen LogP contribution in [0.4, 0.5) is 0 Å². The molecule has 0 aliphatic heterocycles. The number of carboxylic acid groups (broad SMARTS) is 1. The van der Waals surface area contributed by atoms with E-state index in [1.807, 2.05) is 0 Å². The number of aliphatic carboxylic acids is 1. The Hall–Kier alpha value is -1.47. The number of hydrogen-bond donors (Lipinski definition) is 3. The van der Waals surface area contributed by atoms with Crippen LogP contribution in [0.2, 0.25) is 0 Å². The summed E-state index contributed by atoms with van der Waals surface area (Å²) in [6.07, 6.45) is 4.68. The fraction of sp³-hybridized carbons (Fsp3) is 0.824. The number of nitrogens with one attached hydrogen (secondary N) is 1. The molecule has 1 fully saturated rings. The molecule has 7 nitrogen and oxygen atoms in total. The molecule has 0 spiro atoms. The number of aldehydes is 1. The second-order valence-electron chi connectivity index (χ2n) is 6.44. The summed E-state index contributed by atoms with van der Waals surface area (Å²) in [5.74, 6) is -1.73. The van der Waals surface area contributed by atoms with E-state index < -0.39 is 24.1 Å². The third kappa shape index (κ3) is 6.97. The van der Waals surface area contributed by atoms with Gasteiger partial charge in [-0.1, -0.05) is 19.3 Å². The smallest absolute Gasteiger partial charge is 0.303 e. The van der Waals surface area contributed by atoms with Crippen molar-refractivity contribution < 1.29 is 29.3 Å². The van der Waals surface area contributed by atoms with Crippen LogP contribution in [0.5, 0.6) is 0 Å². The normalized spacial score (nSPS) is 26.8. The molecule has 3 N–H and O–H groups in total. The Morgan fingerprint density at radius 1 is 1.17 bits per heavy atom. The first-order valence-electron chi connectivity index (χ1n) is 8.65. The number of aliphatic hydroxyl groups is 1. The first kappa shape index (κ1) is 20.6. The highest BCUT2D eigenvalue weighted by atomic mass is 16.5. The molecule has 0 aromatic carbocycles. The van der Waals surface area contributed by atoms with Gasteiger partial charge >= 0.3 is 5.97 Å². The summed E-state index contributed by atoms with van der Waals surface area (Å²) in [5.41, 5.74) is 0. The maximum absolute atomic E-state index is 12.2. The van der Waals surface area contributed by atoms with Crippen LogP contribution in [0.15, 0.2) is 0 Å². The maximum Gasteiger partial charge on any atom is 0.303 e. The van der Waals surface area contributed by atoms with Crippen molar-refractivity contribution in [1.82, 2.24) is 5.32 Å². The SMILES string of the molecule is COC1CC(C(=O)NCCCCCCCC(=O)O)CC(C=O)C1O. The Morgan fingerprint density at radius 2 is 1.83 bits per heavy atom. The molecule has 0 aromatic heterocycles. The minimum Gasteiger partial charge on any atom is -0.481 e. The van der Waals surface area contributed by atoms with Gasteiger partial charge in [0.05, 0.1) is 12.2 Å². The van der Waals surface area contributed by atoms with Crippen molar-refractivity contribution in [2.75, 3.05) is 13.7 Å². The summed E-state index contributed by atoms with van der Waals surface area (Å²) < 4.78 is 5.18. The predicted molar refractivity (Wildman–Crippen MR) is 87.4 cm³/mol. The van der Waals surface area contributed by atoms with Crippen molar-refractivity contribution in [1.29, 1.82) is 0 Å². The number of aliphatic hydroxyl groups excluding tert-OH is 1. The third-order valence-electron chi connectivity index (χ3n) is 4.61. The standard InChI is InChI=1S/C17H29NO6/c1-24-14-10-12(9-13(11-19)16(14)22)17(23)18-8-6-4-2-3-5-7-15(20)21/h11-14,16,22H,2-10H2,1H3,(H,18,23)(H,20,21). The predicted octanol–water partition coefficient (Wildman–Crippen LogP) is 1.13. The monoisotopic (exact) mass is 343 g/mol. The molecule has 138 valence electrons. The molecule has 1 aliphatic rings. The second kappa shape index (κ2) is 11.1. The van der Waals surface area contributed by atoms with E-state index in [1.165, 1.54) is 7.11 Å². The van der Waals surface area contributed by atoms with Gasteiger partial charge in [-0.2, -0.15) is 0 Å². The number of unbranched alkanes of at least 4 members (excludes halogenated alkanes) is 4. The molecule has 0 radical (unpaired) electrons. The van der Waals surface area contributed by atoms with Crippen molar-refractivity contribution in [2.24, 2.45) is 11.8 Å². The third-order valence-corrected chi connectivity index (χ3v) is 4.61. The number of rotatable bonds is 11. The fourth-order valence-electron chi connectivity index (χ4n) is 3.13. The van der Waals surface area contributed by atoms with E-state index in [1.54, 1.807) is 0 Å². The average Bonchev–Trinajstić information content (AvgIpc) is 2.56. The average molecular weight is 343 g/mol. The summed E-state index contributed by atoms with van der Waals surface area (Å²) in [7, 11) is 1.47. The van der Waals surface area contributed by atoms with Crippen LogP contribution in [-0.4, -0.2) is 54.2 Å². The Bertz CT molecular complexity index is 414. The Morgan fingerprint density at radius 3 is 2.46 bits per heavy atom. The molecular formula is C17H29NO6. The maximum atomic E-state index is 12.2. The first-order chi connectivity index (χ1) is 11.5. The van der Waals surface area contributed by atoms with Gasteiger partial charge in [0.15, 0.2) is 0 Å². The topological polar surface area (TPSA) is 113 Å². The van der Waals surface area contributed by atoms with Gasteiger partial charge in [-0.05, 0) is 25.7 Å². The van der Waals surface area contributed by atoms with E-state index in [4.69, 9.17) is 9.84 Å². The van der Waals surface area contributed by atoms with Crippen molar-refractivity contribution in [2.45, 2.75) is 63.6 Å². The Labute approximate surface area is 142 Å². The lowest BCUT2D eigenvalue weighted by atomic mass is 9.78. The van der Waals surface area contributed by atoms with Crippen LogP contribution < -0.4 is 5.32 Å². The molecular weight excluding hydrogens is 314 g/mol. The van der Waals surface area contributed by atoms with E-state index in [2.05, 4.69) is 5.32 Å². The number of ether oxygens (including phenoxy) is 1. The molecule has 1 rings (SSSR count). The van der Waals surface area contributed by atoms with Gasteiger partial charge in [0, 0.05) is 31.9 Å². The van der Waals surface area contributed by atoms with Crippen LogP contribution in [0.3, 0.4) is 0 Å². The zero-order chi connectivity index (χ0) is 17.9. The zero-order valence-electron chi connectivity index (χ0n) is 14.3. The van der Waals surface area contributed by atoms with Crippen molar-refractivity contribution in [3.63, 3.8) is 0 Å². The lowest BCUT2D eigenvalue weighted by molar-refractivity contribution is -0.138. The Kier molecular flexibility index (Phi) is 9.56. The van der Waals surface area contributed by atoms with Gasteiger partial charge in [-0.25, -0.2) is 0 Å². The minimum absolute atomic E-state index is 0.0957. The molecule has 0 bridgehead atoms. The van der Waals surface area contributed by atoms with Crippen LogP contribution in [0.25, 0.3) is 0 Å². The van der Waals surface area contributed by atoms with Crippen LogP contribution >= 0.6 is 0 Å². The van der Waals surface area contributed by atoms with E-state index in [0.717, 1.165) is 25.7 Å². The largest absolute Gasteiger partial charge is 0.481 e. The minimum atomic E-state index is -0.845. The Balaban J connectivity index is 2.20. The van der Waals surface area contributed by atoms with Gasteiger partial charge < -0.3 is 25.1 Å². The summed E-state index contributed by atoms with van der Waals surface area (Å²) in [5, 5.41) is 21.4. The summed E-state index contributed by atoms with van der Waals surface area (Å²) >= 11 is 0. The van der Waals surface area contributed by atoms with Crippen LogP contribution in [-0.2, 0) is 19.1 Å². The second-order valence-corrected chi connectivity index (χ2v) is 6.44. The molecule has 1 amide bonds. The molecule has 0 saturated heterocycles. The zero-order valence-corrected chi connectivity index (χ0v) is 14.3. The molecule has 0 heterocycles. The van der Waals surface area contributed by atoms with E-state index in [9.17, 15) is 19.5 Å². The number of methoxy groups -OCH3 is 1. The lowest BCUT2D eigenvalue weighted by Gasteiger charge is -2.35. The van der Waals surface area contributed by atoms with Gasteiger partial charge in [0.25, 0.3) is 0 Å². The van der Waals surface area contributed by atoms with Gasteiger partial charge in [-0.3, -0.25) is 9.59 Å². The van der Waals surface area contributed by atoms with E-state index in [-0.39, 0.29) is 18.2 Å². The molecule has 4 atom stereocenters. The summed E-state index contributed by atoms with van der Waals surface area (Å²) in [6.45, 7) is 0.570. The van der Waals surface area contributed by atoms with Crippen molar-refractivity contribution >= 4 is 18.2 Å². The molecule has 0 aromatic rings. The lowest BCUT2D eigenvalue weighted by Crippen LogP contribution is -2.47. The van der Waals surface area contributed by atoms with Crippen molar-refractivity contribution in [3.05, 3.63) is 0 Å². The molecule has 7 heteroatoms. The van der Waals surface area contributed by atoms with Crippen LogP contribution in [0, 0.1) is 11.8 Å². The summed E-state index contributed by atoms with van der Waals surface area (Å²) in [4.78, 5) is 33.6.